The van der Waals surface area contributed by atoms with E-state index in [2.05, 4.69) is 4.90 Å². The Morgan fingerprint density at radius 2 is 2.24 bits per heavy atom. The summed E-state index contributed by atoms with van der Waals surface area (Å²) in [6, 6.07) is 4.03. The smallest absolute Gasteiger partial charge is 0.236 e. The molecule has 3 heterocycles. The third-order valence-electron chi connectivity index (χ3n) is 4.93. The lowest BCUT2D eigenvalue weighted by atomic mass is 9.96. The van der Waals surface area contributed by atoms with Gasteiger partial charge in [0.05, 0.1) is 16.5 Å². The number of likely N-dealkylation sites (tertiary alicyclic amines) is 1. The van der Waals surface area contributed by atoms with Crippen LogP contribution in [0.3, 0.4) is 0 Å². The van der Waals surface area contributed by atoms with E-state index in [1.807, 2.05) is 43.2 Å². The van der Waals surface area contributed by atoms with Gasteiger partial charge in [-0.15, -0.1) is 11.3 Å². The first kappa shape index (κ1) is 18.1. The fourth-order valence-corrected chi connectivity index (χ4v) is 4.14. The number of carbonyl (C=O) groups is 1. The van der Waals surface area contributed by atoms with Crippen molar-refractivity contribution in [3.63, 3.8) is 0 Å². The van der Waals surface area contributed by atoms with E-state index in [4.69, 9.17) is 9.40 Å². The van der Waals surface area contributed by atoms with Gasteiger partial charge in [-0.25, -0.2) is 4.98 Å². The molecule has 136 valence electrons. The molecule has 6 heteroatoms. The van der Waals surface area contributed by atoms with Crippen molar-refractivity contribution in [1.82, 2.24) is 14.8 Å². The molecule has 0 radical (unpaired) electrons. The van der Waals surface area contributed by atoms with E-state index in [1.165, 1.54) is 0 Å². The Morgan fingerprint density at radius 1 is 1.44 bits per heavy atom. The van der Waals surface area contributed by atoms with Gasteiger partial charge in [-0.3, -0.25) is 9.69 Å². The van der Waals surface area contributed by atoms with Crippen LogP contribution in [0, 0.1) is 12.8 Å². The second-order valence-corrected chi connectivity index (χ2v) is 7.53. The van der Waals surface area contributed by atoms with Crippen LogP contribution in [-0.2, 0) is 11.3 Å². The van der Waals surface area contributed by atoms with E-state index >= 15 is 0 Å². The number of piperidine rings is 1. The quantitative estimate of drug-likeness (QED) is 0.785. The minimum absolute atomic E-state index is 0.109. The summed E-state index contributed by atoms with van der Waals surface area (Å²) < 4.78 is 5.85. The van der Waals surface area contributed by atoms with Crippen molar-refractivity contribution in [2.75, 3.05) is 26.2 Å². The molecule has 1 fully saturated rings. The summed E-state index contributed by atoms with van der Waals surface area (Å²) in [5.74, 6) is 1.99. The van der Waals surface area contributed by atoms with E-state index in [-0.39, 0.29) is 5.92 Å². The number of thiophene rings is 1. The maximum Gasteiger partial charge on any atom is 0.236 e. The average molecular weight is 362 g/mol. The second kappa shape index (κ2) is 8.15. The highest BCUT2D eigenvalue weighted by molar-refractivity contribution is 7.13. The van der Waals surface area contributed by atoms with Crippen molar-refractivity contribution in [2.24, 2.45) is 5.92 Å². The molecule has 0 N–H and O–H groups in total. The molecule has 25 heavy (non-hydrogen) atoms. The molecule has 0 aliphatic carbocycles. The summed E-state index contributed by atoms with van der Waals surface area (Å²) in [5.41, 5.74) is 0.985. The molecule has 1 aliphatic rings. The lowest BCUT2D eigenvalue weighted by Gasteiger charge is -2.34. The van der Waals surface area contributed by atoms with Crippen LogP contribution in [0.1, 0.15) is 38.1 Å². The number of aryl methyl sites for hydroxylation is 1. The van der Waals surface area contributed by atoms with Crippen LogP contribution in [0.2, 0.25) is 0 Å². The number of hydrogen-bond donors (Lipinski definition) is 0. The molecular formula is C19H27N3O2S. The Hall–Kier alpha value is -1.66. The molecular weight excluding hydrogens is 334 g/mol. The predicted molar refractivity (Wildman–Crippen MR) is 100 cm³/mol. The van der Waals surface area contributed by atoms with Gasteiger partial charge in [-0.05, 0) is 51.6 Å². The third-order valence-corrected chi connectivity index (χ3v) is 5.79. The summed E-state index contributed by atoms with van der Waals surface area (Å²) in [4.78, 5) is 22.7. The highest BCUT2D eigenvalue weighted by atomic mass is 32.1. The maximum atomic E-state index is 12.7. The van der Waals surface area contributed by atoms with Gasteiger partial charge in [0.1, 0.15) is 5.76 Å². The van der Waals surface area contributed by atoms with Crippen LogP contribution < -0.4 is 0 Å². The molecule has 0 spiro atoms. The monoisotopic (exact) mass is 361 g/mol. The summed E-state index contributed by atoms with van der Waals surface area (Å²) in [6.45, 7) is 10.2. The summed E-state index contributed by atoms with van der Waals surface area (Å²) in [6.07, 6.45) is 2.05. The number of rotatable bonds is 6. The Balaban J connectivity index is 1.66. The number of nitrogens with zero attached hydrogens (tertiary/aromatic N) is 3. The van der Waals surface area contributed by atoms with Crippen molar-refractivity contribution < 1.29 is 9.21 Å². The van der Waals surface area contributed by atoms with E-state index in [9.17, 15) is 4.79 Å². The van der Waals surface area contributed by atoms with Gasteiger partial charge in [-0.1, -0.05) is 6.07 Å². The zero-order valence-corrected chi connectivity index (χ0v) is 16.1. The first-order chi connectivity index (χ1) is 12.1. The second-order valence-electron chi connectivity index (χ2n) is 6.58. The van der Waals surface area contributed by atoms with Crippen molar-refractivity contribution in [1.29, 1.82) is 0 Å². The van der Waals surface area contributed by atoms with Crippen molar-refractivity contribution in [3.8, 4) is 10.8 Å². The van der Waals surface area contributed by atoms with Crippen molar-refractivity contribution >= 4 is 17.2 Å². The number of aromatic nitrogens is 1. The lowest BCUT2D eigenvalue weighted by Crippen LogP contribution is -2.44. The number of amides is 1. The molecule has 3 rings (SSSR count). The number of oxazole rings is 1. The minimum Gasteiger partial charge on any atom is -0.440 e. The molecule has 1 unspecified atom stereocenters. The molecule has 1 atom stereocenters. The molecule has 2 aromatic rings. The zero-order chi connectivity index (χ0) is 17.8. The van der Waals surface area contributed by atoms with Gasteiger partial charge in [0, 0.05) is 26.2 Å². The summed E-state index contributed by atoms with van der Waals surface area (Å²) in [7, 11) is 0. The maximum absolute atomic E-state index is 12.7. The van der Waals surface area contributed by atoms with Crippen LogP contribution in [0.25, 0.3) is 10.8 Å². The first-order valence-corrected chi connectivity index (χ1v) is 10.0. The van der Waals surface area contributed by atoms with E-state index in [0.29, 0.717) is 11.8 Å². The fourth-order valence-electron chi connectivity index (χ4n) is 3.49. The summed E-state index contributed by atoms with van der Waals surface area (Å²) >= 11 is 1.64. The molecule has 2 aromatic heterocycles. The first-order valence-electron chi connectivity index (χ1n) is 9.13. The normalized spacial score (nSPS) is 18.4. The highest BCUT2D eigenvalue weighted by Crippen LogP contribution is 2.27. The molecule has 1 amide bonds. The molecule has 0 aromatic carbocycles. The van der Waals surface area contributed by atoms with Crippen molar-refractivity contribution in [3.05, 3.63) is 29.0 Å². The van der Waals surface area contributed by atoms with Crippen LogP contribution in [0.5, 0.6) is 0 Å². The number of carbonyl (C=O) groups excluding carboxylic acids is 1. The largest absolute Gasteiger partial charge is 0.440 e. The van der Waals surface area contributed by atoms with Gasteiger partial charge < -0.3 is 9.32 Å². The minimum atomic E-state index is 0.109. The Kier molecular flexibility index (Phi) is 5.91. The van der Waals surface area contributed by atoms with Gasteiger partial charge in [0.15, 0.2) is 0 Å². The Morgan fingerprint density at radius 3 is 2.92 bits per heavy atom. The zero-order valence-electron chi connectivity index (χ0n) is 15.3. The predicted octanol–water partition coefficient (Wildman–Crippen LogP) is 3.79. The highest BCUT2D eigenvalue weighted by Gasteiger charge is 2.29. The van der Waals surface area contributed by atoms with Crippen LogP contribution in [-0.4, -0.2) is 46.9 Å². The molecule has 0 saturated carbocycles. The van der Waals surface area contributed by atoms with Crippen LogP contribution in [0.4, 0.5) is 0 Å². The van der Waals surface area contributed by atoms with Crippen LogP contribution >= 0.6 is 11.3 Å². The van der Waals surface area contributed by atoms with Crippen molar-refractivity contribution in [2.45, 2.75) is 40.2 Å². The standard InChI is InChI=1S/C19H27N3O2S/c1-4-22(5-2)19(23)15-8-6-10-21(12-15)13-16-14(3)24-18(20-16)17-9-7-11-25-17/h7,9,11,15H,4-6,8,10,12-13H2,1-3H3. The van der Waals surface area contributed by atoms with E-state index in [0.717, 1.165) is 61.9 Å². The van der Waals surface area contributed by atoms with E-state index in [1.54, 1.807) is 11.3 Å². The fraction of sp³-hybridized carbons (Fsp3) is 0.579. The van der Waals surface area contributed by atoms with Gasteiger partial charge >= 0.3 is 0 Å². The Labute approximate surface area is 153 Å². The lowest BCUT2D eigenvalue weighted by molar-refractivity contribution is -0.137. The van der Waals surface area contributed by atoms with Crippen LogP contribution in [0.15, 0.2) is 21.9 Å². The molecule has 5 nitrogen and oxygen atoms in total. The van der Waals surface area contributed by atoms with Gasteiger partial charge in [0.2, 0.25) is 11.8 Å². The number of hydrogen-bond acceptors (Lipinski definition) is 5. The van der Waals surface area contributed by atoms with Gasteiger partial charge in [-0.2, -0.15) is 0 Å². The third kappa shape index (κ3) is 4.12. The average Bonchev–Trinajstić information content (AvgIpc) is 3.27. The molecule has 1 aliphatic heterocycles. The van der Waals surface area contributed by atoms with E-state index < -0.39 is 0 Å². The SMILES string of the molecule is CCN(CC)C(=O)C1CCCN(Cc2nc(-c3cccs3)oc2C)C1. The topological polar surface area (TPSA) is 49.6 Å². The molecule has 1 saturated heterocycles. The summed E-state index contributed by atoms with van der Waals surface area (Å²) in [5, 5.41) is 2.03. The molecule has 0 bridgehead atoms. The van der Waals surface area contributed by atoms with Gasteiger partial charge in [0.25, 0.3) is 0 Å². The Bertz CT molecular complexity index is 692.